The summed E-state index contributed by atoms with van der Waals surface area (Å²) in [5.74, 6) is -1.87. The Hall–Kier alpha value is -4.20. The molecule has 1 amide bonds. The van der Waals surface area contributed by atoms with Gasteiger partial charge in [-0.2, -0.15) is 0 Å². The number of nitrogens with two attached hydrogens (primary N) is 1. The first-order valence-electron chi connectivity index (χ1n) is 8.78. The van der Waals surface area contributed by atoms with Crippen LogP contribution in [0.1, 0.15) is 55.7 Å². The van der Waals surface area contributed by atoms with E-state index in [-0.39, 0.29) is 23.1 Å². The number of fused-ring (bicyclic) bond motifs is 2. The second-order valence-electron chi connectivity index (χ2n) is 6.51. The van der Waals surface area contributed by atoms with Gasteiger partial charge in [0.25, 0.3) is 5.91 Å². The molecule has 0 aliphatic rings. The van der Waals surface area contributed by atoms with Gasteiger partial charge in [0.2, 0.25) is 5.76 Å². The third kappa shape index (κ3) is 4.27. The zero-order chi connectivity index (χ0) is 22.0. The molecule has 0 bridgehead atoms. The van der Waals surface area contributed by atoms with E-state index < -0.39 is 11.9 Å². The maximum Gasteiger partial charge on any atom is 0.371 e. The van der Waals surface area contributed by atoms with E-state index in [4.69, 9.17) is 19.7 Å². The molecular formula is C22H17NO7. The standard InChI is InChI=1S/C11H9NO3.C11H8O4/c1-6(13)7-2-3-8-5-10(11(12)14)15-9(8)4-7;1-6(12)7-2-3-8-5-10(11(13)14)15-9(8)4-7/h2-5H,1H3,(H2,12,14);2-5H,1H3,(H,13,14). The van der Waals surface area contributed by atoms with Crippen molar-refractivity contribution in [3.63, 3.8) is 0 Å². The molecule has 2 heterocycles. The third-order valence-electron chi connectivity index (χ3n) is 4.31. The first kappa shape index (κ1) is 20.5. The van der Waals surface area contributed by atoms with Gasteiger partial charge in [0.05, 0.1) is 0 Å². The van der Waals surface area contributed by atoms with Crippen LogP contribution in [0.3, 0.4) is 0 Å². The van der Waals surface area contributed by atoms with Crippen LogP contribution >= 0.6 is 0 Å². The summed E-state index contributed by atoms with van der Waals surface area (Å²) in [4.78, 5) is 43.6. The highest BCUT2D eigenvalue weighted by atomic mass is 16.4. The molecule has 0 aliphatic heterocycles. The summed E-state index contributed by atoms with van der Waals surface area (Å²) < 4.78 is 10.3. The van der Waals surface area contributed by atoms with Crippen molar-refractivity contribution >= 4 is 45.4 Å². The summed E-state index contributed by atoms with van der Waals surface area (Å²) in [5, 5.41) is 10.1. The van der Waals surface area contributed by atoms with Gasteiger partial charge in [-0.1, -0.05) is 24.3 Å². The van der Waals surface area contributed by atoms with Gasteiger partial charge in [-0.15, -0.1) is 0 Å². The number of primary amides is 1. The van der Waals surface area contributed by atoms with E-state index >= 15 is 0 Å². The summed E-state index contributed by atoms with van der Waals surface area (Å²) in [6.07, 6.45) is 0. The highest BCUT2D eigenvalue weighted by Crippen LogP contribution is 2.22. The number of carbonyl (C=O) groups excluding carboxylic acids is 3. The Kier molecular flexibility index (Phi) is 5.50. The smallest absolute Gasteiger partial charge is 0.371 e. The SMILES string of the molecule is CC(=O)c1ccc2cc(C(=O)O)oc2c1.CC(=O)c1ccc2cc(C(N)=O)oc2c1. The molecule has 0 radical (unpaired) electrons. The highest BCUT2D eigenvalue weighted by molar-refractivity contribution is 6.00. The molecule has 8 nitrogen and oxygen atoms in total. The van der Waals surface area contributed by atoms with Gasteiger partial charge in [0.15, 0.2) is 17.3 Å². The van der Waals surface area contributed by atoms with E-state index in [0.717, 1.165) is 5.39 Å². The number of rotatable bonds is 4. The molecule has 0 aliphatic carbocycles. The van der Waals surface area contributed by atoms with Crippen molar-refractivity contribution in [1.82, 2.24) is 0 Å². The maximum absolute atomic E-state index is 11.1. The monoisotopic (exact) mass is 407 g/mol. The molecule has 30 heavy (non-hydrogen) atoms. The molecule has 152 valence electrons. The molecule has 0 fully saturated rings. The average Bonchev–Trinajstić information content (AvgIpc) is 3.31. The lowest BCUT2D eigenvalue weighted by Gasteiger charge is -1.93. The Balaban J connectivity index is 0.000000171. The number of aromatic carboxylic acids is 1. The van der Waals surface area contributed by atoms with Crippen molar-refractivity contribution < 1.29 is 33.1 Å². The fourth-order valence-corrected chi connectivity index (χ4v) is 2.73. The van der Waals surface area contributed by atoms with Gasteiger partial charge in [-0.25, -0.2) is 4.79 Å². The second kappa shape index (κ2) is 8.04. The second-order valence-corrected chi connectivity index (χ2v) is 6.51. The van der Waals surface area contributed by atoms with Gasteiger partial charge in [0, 0.05) is 21.9 Å². The lowest BCUT2D eigenvalue weighted by atomic mass is 10.1. The fraction of sp³-hybridized carbons (Fsp3) is 0.0909. The number of amides is 1. The van der Waals surface area contributed by atoms with Crippen LogP contribution in [-0.4, -0.2) is 28.5 Å². The van der Waals surface area contributed by atoms with Crippen LogP contribution in [0.2, 0.25) is 0 Å². The quantitative estimate of drug-likeness (QED) is 0.486. The van der Waals surface area contributed by atoms with Gasteiger partial charge >= 0.3 is 5.97 Å². The fourth-order valence-electron chi connectivity index (χ4n) is 2.73. The van der Waals surface area contributed by atoms with Gasteiger partial charge in [0.1, 0.15) is 11.2 Å². The number of carboxylic acid groups (broad SMARTS) is 1. The number of hydrogen-bond acceptors (Lipinski definition) is 6. The van der Waals surface area contributed by atoms with Crippen LogP contribution in [0, 0.1) is 0 Å². The minimum absolute atomic E-state index is 0.0473. The Morgan fingerprint density at radius 2 is 1.17 bits per heavy atom. The summed E-state index contributed by atoms with van der Waals surface area (Å²) in [5.41, 5.74) is 7.05. The van der Waals surface area contributed by atoms with Gasteiger partial charge in [-0.3, -0.25) is 14.4 Å². The first-order chi connectivity index (χ1) is 14.2. The molecule has 0 spiro atoms. The Labute approximate surface area is 169 Å². The first-order valence-corrected chi connectivity index (χ1v) is 8.78. The molecule has 3 N–H and O–H groups in total. The summed E-state index contributed by atoms with van der Waals surface area (Å²) >= 11 is 0. The van der Waals surface area contributed by atoms with Gasteiger partial charge in [-0.05, 0) is 38.1 Å². The zero-order valence-corrected chi connectivity index (χ0v) is 16.1. The zero-order valence-electron chi connectivity index (χ0n) is 16.1. The molecule has 2 aromatic heterocycles. The Morgan fingerprint density at radius 1 is 0.733 bits per heavy atom. The largest absolute Gasteiger partial charge is 0.475 e. The number of furan rings is 2. The minimum atomic E-state index is -1.12. The summed E-state index contributed by atoms with van der Waals surface area (Å²) in [6, 6.07) is 12.9. The number of hydrogen-bond donors (Lipinski definition) is 2. The number of carbonyl (C=O) groups is 4. The predicted molar refractivity (Wildman–Crippen MR) is 108 cm³/mol. The molecule has 4 aromatic rings. The lowest BCUT2D eigenvalue weighted by Crippen LogP contribution is -2.08. The van der Waals surface area contributed by atoms with Crippen LogP contribution in [0.5, 0.6) is 0 Å². The summed E-state index contributed by atoms with van der Waals surface area (Å²) in [7, 11) is 0. The van der Waals surface area contributed by atoms with Crippen LogP contribution in [0.15, 0.2) is 57.4 Å². The Bertz CT molecular complexity index is 1180. The van der Waals surface area contributed by atoms with Crippen molar-refractivity contribution in [2.45, 2.75) is 13.8 Å². The van der Waals surface area contributed by atoms with E-state index in [1.807, 2.05) is 0 Å². The van der Waals surface area contributed by atoms with Crippen LogP contribution in [-0.2, 0) is 0 Å². The molecule has 2 aromatic carbocycles. The van der Waals surface area contributed by atoms with Gasteiger partial charge < -0.3 is 19.7 Å². The van der Waals surface area contributed by atoms with E-state index in [1.54, 1.807) is 42.5 Å². The average molecular weight is 407 g/mol. The van der Waals surface area contributed by atoms with Crippen LogP contribution in [0.4, 0.5) is 0 Å². The number of Topliss-reactive ketones (excluding diaryl/α,β-unsaturated/α-hetero) is 2. The summed E-state index contributed by atoms with van der Waals surface area (Å²) in [6.45, 7) is 2.92. The molecule has 0 unspecified atom stereocenters. The third-order valence-corrected chi connectivity index (χ3v) is 4.31. The Morgan fingerprint density at radius 3 is 1.57 bits per heavy atom. The van der Waals surface area contributed by atoms with Crippen molar-refractivity contribution in [2.75, 3.05) is 0 Å². The van der Waals surface area contributed by atoms with E-state index in [1.165, 1.54) is 19.9 Å². The highest BCUT2D eigenvalue weighted by Gasteiger charge is 2.11. The number of ketones is 2. The molecule has 0 saturated heterocycles. The number of benzene rings is 2. The minimum Gasteiger partial charge on any atom is -0.475 e. The molecule has 0 atom stereocenters. The van der Waals surface area contributed by atoms with Crippen LogP contribution < -0.4 is 5.73 Å². The maximum atomic E-state index is 11.1. The normalized spacial score (nSPS) is 10.5. The van der Waals surface area contributed by atoms with E-state index in [2.05, 4.69) is 0 Å². The van der Waals surface area contributed by atoms with Crippen molar-refractivity contribution in [3.05, 3.63) is 71.2 Å². The lowest BCUT2D eigenvalue weighted by molar-refractivity contribution is 0.0664. The number of carboxylic acids is 1. The van der Waals surface area contributed by atoms with Crippen molar-refractivity contribution in [3.8, 4) is 0 Å². The molecule has 0 saturated carbocycles. The molecule has 8 heteroatoms. The topological polar surface area (TPSA) is 141 Å². The van der Waals surface area contributed by atoms with E-state index in [0.29, 0.717) is 27.7 Å². The van der Waals surface area contributed by atoms with Crippen molar-refractivity contribution in [2.24, 2.45) is 5.73 Å². The predicted octanol–water partition coefficient (Wildman–Crippen LogP) is 4.07. The van der Waals surface area contributed by atoms with Crippen molar-refractivity contribution in [1.29, 1.82) is 0 Å². The molecular weight excluding hydrogens is 390 g/mol. The molecule has 4 rings (SSSR count). The van der Waals surface area contributed by atoms with E-state index in [9.17, 15) is 19.2 Å². The van der Waals surface area contributed by atoms with Crippen LogP contribution in [0.25, 0.3) is 21.9 Å².